The minimum Gasteiger partial charge on any atom is -0.482 e. The molecule has 0 saturated heterocycles. The van der Waals surface area contributed by atoms with Crippen LogP contribution in [0.3, 0.4) is 0 Å². The van der Waals surface area contributed by atoms with Gasteiger partial charge < -0.3 is 9.30 Å². The second-order valence-corrected chi connectivity index (χ2v) is 7.05. The summed E-state index contributed by atoms with van der Waals surface area (Å²) in [6.07, 6.45) is 2.36. The summed E-state index contributed by atoms with van der Waals surface area (Å²) in [6.45, 7) is 6.03. The minimum absolute atomic E-state index is 0.0234. The molecule has 0 atom stereocenters. The fourth-order valence-electron chi connectivity index (χ4n) is 3.67. The van der Waals surface area contributed by atoms with Crippen LogP contribution in [0.5, 0.6) is 5.75 Å². The molecule has 25 heavy (non-hydrogen) atoms. The fraction of sp³-hybridized carbons (Fsp3) is 0.400. The van der Waals surface area contributed by atoms with E-state index in [9.17, 15) is 9.59 Å². The maximum atomic E-state index is 12.9. The van der Waals surface area contributed by atoms with Gasteiger partial charge in [0.2, 0.25) is 0 Å². The number of hydrogen-bond donors (Lipinski definition) is 0. The SMILES string of the molecule is Cc1ccc2c(c1)N(CC(=O)c1cc(C)n(C3CC3)c1C)C(=O)CO2. The van der Waals surface area contributed by atoms with Gasteiger partial charge in [0.05, 0.1) is 12.2 Å². The lowest BCUT2D eigenvalue weighted by Crippen LogP contribution is -2.42. The number of rotatable bonds is 4. The number of nitrogens with zero attached hydrogens (tertiary/aromatic N) is 2. The number of ketones is 1. The van der Waals surface area contributed by atoms with Gasteiger partial charge in [0, 0.05) is 23.0 Å². The van der Waals surface area contributed by atoms with E-state index in [4.69, 9.17) is 4.74 Å². The molecule has 2 aromatic rings. The maximum Gasteiger partial charge on any atom is 0.265 e. The first-order valence-corrected chi connectivity index (χ1v) is 8.71. The third-order valence-electron chi connectivity index (χ3n) is 5.06. The highest BCUT2D eigenvalue weighted by Crippen LogP contribution is 2.39. The summed E-state index contributed by atoms with van der Waals surface area (Å²) in [5, 5.41) is 0. The lowest BCUT2D eigenvalue weighted by atomic mass is 10.1. The Balaban J connectivity index is 1.64. The molecule has 0 spiro atoms. The van der Waals surface area contributed by atoms with Crippen molar-refractivity contribution in [1.82, 2.24) is 4.57 Å². The van der Waals surface area contributed by atoms with Gasteiger partial charge in [-0.15, -0.1) is 0 Å². The minimum atomic E-state index is -0.178. The van der Waals surface area contributed by atoms with Crippen LogP contribution in [0.1, 0.15) is 46.2 Å². The van der Waals surface area contributed by atoms with Gasteiger partial charge in [-0.25, -0.2) is 0 Å². The van der Waals surface area contributed by atoms with E-state index < -0.39 is 0 Å². The van der Waals surface area contributed by atoms with Crippen molar-refractivity contribution in [2.24, 2.45) is 0 Å². The summed E-state index contributed by atoms with van der Waals surface area (Å²) in [7, 11) is 0. The number of aromatic nitrogens is 1. The summed E-state index contributed by atoms with van der Waals surface area (Å²) >= 11 is 0. The summed E-state index contributed by atoms with van der Waals surface area (Å²) in [6, 6.07) is 8.19. The molecule has 4 rings (SSSR count). The largest absolute Gasteiger partial charge is 0.482 e. The topological polar surface area (TPSA) is 51.5 Å². The molecule has 130 valence electrons. The highest BCUT2D eigenvalue weighted by Gasteiger charge is 2.31. The Morgan fingerprint density at radius 1 is 1.20 bits per heavy atom. The second kappa shape index (κ2) is 5.76. The van der Waals surface area contributed by atoms with E-state index in [0.29, 0.717) is 17.5 Å². The Kier molecular flexibility index (Phi) is 3.67. The Morgan fingerprint density at radius 3 is 2.68 bits per heavy atom. The van der Waals surface area contributed by atoms with Crippen LogP contribution in [0.4, 0.5) is 5.69 Å². The van der Waals surface area contributed by atoms with Crippen molar-refractivity contribution in [3.8, 4) is 5.75 Å². The molecule has 0 unspecified atom stereocenters. The van der Waals surface area contributed by atoms with Gasteiger partial charge in [-0.3, -0.25) is 14.5 Å². The predicted octanol–water partition coefficient (Wildman–Crippen LogP) is 3.36. The molecule has 1 aromatic carbocycles. The summed E-state index contributed by atoms with van der Waals surface area (Å²) in [5.74, 6) is 0.451. The number of aryl methyl sites for hydroxylation is 2. The Hall–Kier alpha value is -2.56. The monoisotopic (exact) mass is 338 g/mol. The summed E-state index contributed by atoms with van der Waals surface area (Å²) in [5.41, 5.74) is 4.56. The van der Waals surface area contributed by atoms with Crippen molar-refractivity contribution in [3.63, 3.8) is 0 Å². The highest BCUT2D eigenvalue weighted by molar-refractivity contribution is 6.07. The molecule has 1 fully saturated rings. The standard InChI is InChI=1S/C20H22N2O3/c1-12-4-7-19-17(8-12)21(20(24)11-25-19)10-18(23)16-9-13(2)22(14(16)3)15-5-6-15/h4,7-9,15H,5-6,10-11H2,1-3H3. The number of amides is 1. The molecule has 5 nitrogen and oxygen atoms in total. The molecular weight excluding hydrogens is 316 g/mol. The normalized spacial score (nSPS) is 16.6. The molecule has 2 aliphatic rings. The molecule has 1 aliphatic heterocycles. The van der Waals surface area contributed by atoms with E-state index in [-0.39, 0.29) is 24.8 Å². The average molecular weight is 338 g/mol. The first-order chi connectivity index (χ1) is 12.0. The van der Waals surface area contributed by atoms with Gasteiger partial charge in [-0.1, -0.05) is 6.07 Å². The Bertz CT molecular complexity index is 877. The van der Waals surface area contributed by atoms with Crippen LogP contribution in [0.25, 0.3) is 0 Å². The number of Topliss-reactive ketones (excluding diaryl/α,β-unsaturated/α-hetero) is 1. The molecule has 0 N–H and O–H groups in total. The van der Waals surface area contributed by atoms with Crippen LogP contribution in [-0.4, -0.2) is 29.4 Å². The van der Waals surface area contributed by atoms with Crippen LogP contribution in [0.15, 0.2) is 24.3 Å². The molecule has 1 aromatic heterocycles. The molecule has 1 aliphatic carbocycles. The number of fused-ring (bicyclic) bond motifs is 1. The van der Waals surface area contributed by atoms with Crippen LogP contribution >= 0.6 is 0 Å². The molecular formula is C20H22N2O3. The fourth-order valence-corrected chi connectivity index (χ4v) is 3.67. The van der Waals surface area contributed by atoms with E-state index in [1.54, 1.807) is 4.90 Å². The molecule has 1 saturated carbocycles. The maximum absolute atomic E-state index is 12.9. The smallest absolute Gasteiger partial charge is 0.265 e. The van der Waals surface area contributed by atoms with Gasteiger partial charge in [0.1, 0.15) is 5.75 Å². The number of carbonyl (C=O) groups is 2. The molecule has 0 radical (unpaired) electrons. The van der Waals surface area contributed by atoms with Crippen molar-refractivity contribution in [1.29, 1.82) is 0 Å². The second-order valence-electron chi connectivity index (χ2n) is 7.05. The number of hydrogen-bond acceptors (Lipinski definition) is 3. The third kappa shape index (κ3) is 2.73. The van der Waals surface area contributed by atoms with Crippen molar-refractivity contribution in [2.45, 2.75) is 39.7 Å². The lowest BCUT2D eigenvalue weighted by molar-refractivity contribution is -0.121. The quantitative estimate of drug-likeness (QED) is 0.803. The van der Waals surface area contributed by atoms with Crippen LogP contribution in [0, 0.1) is 20.8 Å². The first-order valence-electron chi connectivity index (χ1n) is 8.71. The first kappa shape index (κ1) is 15.9. The zero-order valence-corrected chi connectivity index (χ0v) is 14.8. The molecule has 2 heterocycles. The number of carbonyl (C=O) groups excluding carboxylic acids is 2. The van der Waals surface area contributed by atoms with Crippen molar-refractivity contribution in [2.75, 3.05) is 18.1 Å². The van der Waals surface area contributed by atoms with Crippen LogP contribution < -0.4 is 9.64 Å². The van der Waals surface area contributed by atoms with Crippen molar-refractivity contribution in [3.05, 3.63) is 46.8 Å². The van der Waals surface area contributed by atoms with Crippen LogP contribution in [0.2, 0.25) is 0 Å². The van der Waals surface area contributed by atoms with E-state index >= 15 is 0 Å². The van der Waals surface area contributed by atoms with Gasteiger partial charge in [-0.2, -0.15) is 0 Å². The number of anilines is 1. The van der Waals surface area contributed by atoms with E-state index in [0.717, 1.165) is 22.5 Å². The summed E-state index contributed by atoms with van der Waals surface area (Å²) < 4.78 is 7.74. The molecule has 1 amide bonds. The van der Waals surface area contributed by atoms with Crippen LogP contribution in [-0.2, 0) is 4.79 Å². The lowest BCUT2D eigenvalue weighted by Gasteiger charge is -2.29. The van der Waals surface area contributed by atoms with E-state index in [1.807, 2.05) is 45.0 Å². The molecule has 5 heteroatoms. The zero-order valence-electron chi connectivity index (χ0n) is 14.8. The zero-order chi connectivity index (χ0) is 17.7. The van der Waals surface area contributed by atoms with Gasteiger partial charge >= 0.3 is 0 Å². The average Bonchev–Trinajstić information content (AvgIpc) is 3.35. The Labute approximate surface area is 147 Å². The molecule has 0 bridgehead atoms. The van der Waals surface area contributed by atoms with Crippen molar-refractivity contribution >= 4 is 17.4 Å². The van der Waals surface area contributed by atoms with E-state index in [2.05, 4.69) is 4.57 Å². The number of ether oxygens (including phenoxy) is 1. The third-order valence-corrected chi connectivity index (χ3v) is 5.06. The highest BCUT2D eigenvalue weighted by atomic mass is 16.5. The van der Waals surface area contributed by atoms with Gasteiger partial charge in [0.15, 0.2) is 12.4 Å². The predicted molar refractivity (Wildman–Crippen MR) is 95.5 cm³/mol. The summed E-state index contributed by atoms with van der Waals surface area (Å²) in [4.78, 5) is 26.8. The van der Waals surface area contributed by atoms with Crippen molar-refractivity contribution < 1.29 is 14.3 Å². The number of benzene rings is 1. The Morgan fingerprint density at radius 2 is 1.96 bits per heavy atom. The van der Waals surface area contributed by atoms with Gasteiger partial charge in [-0.05, 0) is 57.4 Å². The van der Waals surface area contributed by atoms with Gasteiger partial charge in [0.25, 0.3) is 5.91 Å². The van der Waals surface area contributed by atoms with E-state index in [1.165, 1.54) is 12.8 Å².